The Balaban J connectivity index is 2.38. The number of nitrogens with zero attached hydrogens (tertiary/aromatic N) is 1. The zero-order valence-electron chi connectivity index (χ0n) is 7.14. The number of aromatic nitrogens is 1. The molecule has 1 nitrogen and oxygen atoms in total. The van der Waals surface area contributed by atoms with Crippen LogP contribution in [0.3, 0.4) is 0 Å². The van der Waals surface area contributed by atoms with E-state index in [1.807, 2.05) is 0 Å². The van der Waals surface area contributed by atoms with Gasteiger partial charge >= 0.3 is 0 Å². The first-order valence-corrected chi connectivity index (χ1v) is 4.58. The summed E-state index contributed by atoms with van der Waals surface area (Å²) < 4.78 is 2.38. The van der Waals surface area contributed by atoms with Crippen molar-refractivity contribution in [1.82, 2.24) is 4.57 Å². The molecule has 1 aliphatic rings. The average molecular weight is 149 g/mol. The highest BCUT2D eigenvalue weighted by Crippen LogP contribution is 2.21. The first-order chi connectivity index (χ1) is 5.42. The van der Waals surface area contributed by atoms with Crippen molar-refractivity contribution < 1.29 is 0 Å². The molecule has 0 fully saturated rings. The summed E-state index contributed by atoms with van der Waals surface area (Å²) in [5, 5.41) is 0. The molecule has 0 saturated heterocycles. The Morgan fingerprint density at radius 3 is 3.00 bits per heavy atom. The standard InChI is InChI=1S/C10H15N/c1-2-11-8-7-9-5-3-4-6-10(9)11/h7-8H,2-6H2,1H3. The second kappa shape index (κ2) is 2.72. The quantitative estimate of drug-likeness (QED) is 0.577. The molecule has 0 spiro atoms. The lowest BCUT2D eigenvalue weighted by Gasteiger charge is -2.14. The fraction of sp³-hybridized carbons (Fsp3) is 0.600. The topological polar surface area (TPSA) is 4.93 Å². The van der Waals surface area contributed by atoms with Gasteiger partial charge in [-0.1, -0.05) is 0 Å². The number of fused-ring (bicyclic) bond motifs is 1. The molecule has 1 heteroatoms. The fourth-order valence-corrected chi connectivity index (χ4v) is 1.99. The minimum absolute atomic E-state index is 1.13. The van der Waals surface area contributed by atoms with Gasteiger partial charge in [-0.05, 0) is 44.2 Å². The highest BCUT2D eigenvalue weighted by Gasteiger charge is 2.11. The Hall–Kier alpha value is -0.720. The number of aryl methyl sites for hydroxylation is 2. The second-order valence-electron chi connectivity index (χ2n) is 3.28. The molecule has 0 N–H and O–H groups in total. The van der Waals surface area contributed by atoms with Crippen LogP contribution in [0.15, 0.2) is 12.3 Å². The number of hydrogen-bond donors (Lipinski definition) is 0. The van der Waals surface area contributed by atoms with Crippen molar-refractivity contribution in [2.24, 2.45) is 0 Å². The summed E-state index contributed by atoms with van der Waals surface area (Å²) in [6, 6.07) is 2.29. The van der Waals surface area contributed by atoms with E-state index in [1.165, 1.54) is 25.7 Å². The van der Waals surface area contributed by atoms with Crippen LogP contribution in [0.25, 0.3) is 0 Å². The molecule has 11 heavy (non-hydrogen) atoms. The minimum atomic E-state index is 1.13. The zero-order valence-corrected chi connectivity index (χ0v) is 7.14. The van der Waals surface area contributed by atoms with E-state index in [0.29, 0.717) is 0 Å². The van der Waals surface area contributed by atoms with Crippen molar-refractivity contribution in [2.75, 3.05) is 0 Å². The lowest BCUT2D eigenvalue weighted by Crippen LogP contribution is -2.06. The molecule has 0 aromatic carbocycles. The van der Waals surface area contributed by atoms with Gasteiger partial charge < -0.3 is 4.57 Å². The van der Waals surface area contributed by atoms with Crippen LogP contribution in [0.1, 0.15) is 31.0 Å². The highest BCUT2D eigenvalue weighted by molar-refractivity contribution is 5.24. The summed E-state index contributed by atoms with van der Waals surface area (Å²) in [7, 11) is 0. The minimum Gasteiger partial charge on any atom is -0.351 e. The second-order valence-corrected chi connectivity index (χ2v) is 3.28. The molecule has 0 unspecified atom stereocenters. The average Bonchev–Trinajstić information content (AvgIpc) is 2.47. The van der Waals surface area contributed by atoms with E-state index in [9.17, 15) is 0 Å². The molecule has 1 aromatic heterocycles. The molecule has 2 rings (SSSR count). The van der Waals surface area contributed by atoms with Gasteiger partial charge in [0.25, 0.3) is 0 Å². The fourth-order valence-electron chi connectivity index (χ4n) is 1.99. The monoisotopic (exact) mass is 149 g/mol. The maximum Gasteiger partial charge on any atom is 0.0206 e. The van der Waals surface area contributed by atoms with E-state index >= 15 is 0 Å². The van der Waals surface area contributed by atoms with Crippen LogP contribution < -0.4 is 0 Å². The molecule has 0 amide bonds. The van der Waals surface area contributed by atoms with Crippen LogP contribution in [-0.2, 0) is 19.4 Å². The van der Waals surface area contributed by atoms with E-state index in [4.69, 9.17) is 0 Å². The van der Waals surface area contributed by atoms with Gasteiger partial charge in [0.1, 0.15) is 0 Å². The van der Waals surface area contributed by atoms with E-state index in [0.717, 1.165) is 6.54 Å². The van der Waals surface area contributed by atoms with Crippen LogP contribution in [0.5, 0.6) is 0 Å². The van der Waals surface area contributed by atoms with Crippen molar-refractivity contribution >= 4 is 0 Å². The maximum absolute atomic E-state index is 2.38. The summed E-state index contributed by atoms with van der Waals surface area (Å²) in [5.41, 5.74) is 3.19. The first-order valence-electron chi connectivity index (χ1n) is 4.58. The lowest BCUT2D eigenvalue weighted by atomic mass is 9.98. The summed E-state index contributed by atoms with van der Waals surface area (Å²) in [4.78, 5) is 0. The number of rotatable bonds is 1. The molecule has 1 heterocycles. The third-order valence-electron chi connectivity index (χ3n) is 2.62. The highest BCUT2D eigenvalue weighted by atomic mass is 15.0. The van der Waals surface area contributed by atoms with Crippen molar-refractivity contribution in [1.29, 1.82) is 0 Å². The predicted octanol–water partition coefficient (Wildman–Crippen LogP) is 2.39. The molecule has 60 valence electrons. The smallest absolute Gasteiger partial charge is 0.0206 e. The van der Waals surface area contributed by atoms with Crippen LogP contribution >= 0.6 is 0 Å². The molecular formula is C10H15N. The third kappa shape index (κ3) is 1.09. The van der Waals surface area contributed by atoms with Crippen LogP contribution in [0.4, 0.5) is 0 Å². The molecule has 0 radical (unpaired) electrons. The normalized spacial score (nSPS) is 16.5. The maximum atomic E-state index is 2.38. The predicted molar refractivity (Wildman–Crippen MR) is 46.7 cm³/mol. The van der Waals surface area contributed by atoms with Crippen LogP contribution in [0, 0.1) is 0 Å². The molecular weight excluding hydrogens is 134 g/mol. The van der Waals surface area contributed by atoms with Gasteiger partial charge in [-0.15, -0.1) is 0 Å². The van der Waals surface area contributed by atoms with Gasteiger partial charge in [-0.2, -0.15) is 0 Å². The molecule has 1 aromatic rings. The van der Waals surface area contributed by atoms with Gasteiger partial charge in [0.05, 0.1) is 0 Å². The number of hydrogen-bond acceptors (Lipinski definition) is 0. The summed E-state index contributed by atoms with van der Waals surface area (Å²) in [6.07, 6.45) is 7.62. The Morgan fingerprint density at radius 2 is 2.18 bits per heavy atom. The van der Waals surface area contributed by atoms with Gasteiger partial charge in [-0.3, -0.25) is 0 Å². The van der Waals surface area contributed by atoms with Crippen LogP contribution in [0.2, 0.25) is 0 Å². The molecule has 1 aliphatic carbocycles. The Labute approximate surface area is 68.0 Å². The van der Waals surface area contributed by atoms with Gasteiger partial charge in [0.15, 0.2) is 0 Å². The Bertz CT molecular complexity index is 234. The SMILES string of the molecule is CCn1ccc2c1CCCC2. The van der Waals surface area contributed by atoms with Crippen LogP contribution in [-0.4, -0.2) is 4.57 Å². The largest absolute Gasteiger partial charge is 0.351 e. The van der Waals surface area contributed by atoms with Crippen molar-refractivity contribution in [3.8, 4) is 0 Å². The molecule has 0 saturated carbocycles. The van der Waals surface area contributed by atoms with Gasteiger partial charge in [0, 0.05) is 18.4 Å². The van der Waals surface area contributed by atoms with E-state index in [1.54, 1.807) is 11.3 Å². The van der Waals surface area contributed by atoms with Gasteiger partial charge in [0.2, 0.25) is 0 Å². The van der Waals surface area contributed by atoms with E-state index in [2.05, 4.69) is 23.8 Å². The Morgan fingerprint density at radius 1 is 1.36 bits per heavy atom. The van der Waals surface area contributed by atoms with E-state index in [-0.39, 0.29) is 0 Å². The van der Waals surface area contributed by atoms with E-state index < -0.39 is 0 Å². The van der Waals surface area contributed by atoms with Crippen molar-refractivity contribution in [2.45, 2.75) is 39.2 Å². The lowest BCUT2D eigenvalue weighted by molar-refractivity contribution is 0.622. The van der Waals surface area contributed by atoms with Gasteiger partial charge in [-0.25, -0.2) is 0 Å². The summed E-state index contributed by atoms with van der Waals surface area (Å²) in [6.45, 7) is 3.35. The first kappa shape index (κ1) is 6.96. The zero-order chi connectivity index (χ0) is 7.68. The Kier molecular flexibility index (Phi) is 1.72. The van der Waals surface area contributed by atoms with Crippen molar-refractivity contribution in [3.63, 3.8) is 0 Å². The summed E-state index contributed by atoms with van der Waals surface area (Å²) in [5.74, 6) is 0. The third-order valence-corrected chi connectivity index (χ3v) is 2.62. The molecule has 0 bridgehead atoms. The summed E-state index contributed by atoms with van der Waals surface area (Å²) >= 11 is 0. The van der Waals surface area contributed by atoms with Crippen molar-refractivity contribution in [3.05, 3.63) is 23.5 Å². The molecule has 0 atom stereocenters. The molecule has 0 aliphatic heterocycles.